The van der Waals surface area contributed by atoms with Gasteiger partial charge in [0.2, 0.25) is 0 Å². The third kappa shape index (κ3) is 4.65. The first-order valence-corrected chi connectivity index (χ1v) is 9.67. The van der Waals surface area contributed by atoms with Gasteiger partial charge < -0.3 is 4.18 Å². The normalized spacial score (nSPS) is 13.6. The second-order valence-electron chi connectivity index (χ2n) is 4.72. The Hall–Kier alpha value is -1.67. The highest BCUT2D eigenvalue weighted by Crippen LogP contribution is 2.28. The molecule has 0 N–H and O–H groups in total. The Morgan fingerprint density at radius 2 is 1.57 bits per heavy atom. The van der Waals surface area contributed by atoms with Crippen molar-refractivity contribution in [3.63, 3.8) is 0 Å². The summed E-state index contributed by atoms with van der Waals surface area (Å²) in [7, 11) is -5.79. The minimum Gasteiger partial charge on any atom is -0.376 e. The van der Waals surface area contributed by atoms with Crippen LogP contribution in [0.1, 0.15) is 5.56 Å². The Balaban J connectivity index is 2.08. The van der Waals surface area contributed by atoms with Crippen molar-refractivity contribution in [2.75, 3.05) is 6.26 Å². The van der Waals surface area contributed by atoms with E-state index in [1.54, 1.807) is 12.1 Å². The van der Waals surface area contributed by atoms with Gasteiger partial charge in [-0.1, -0.05) is 30.3 Å². The number of alkyl halides is 3. The summed E-state index contributed by atoms with van der Waals surface area (Å²) in [6, 6.07) is 15.4. The predicted octanol–water partition coefficient (Wildman–Crippen LogP) is 3.72. The van der Waals surface area contributed by atoms with E-state index < -0.39 is 15.6 Å². The first-order chi connectivity index (χ1) is 10.7. The predicted molar refractivity (Wildman–Crippen MR) is 83.7 cm³/mol. The van der Waals surface area contributed by atoms with Crippen molar-refractivity contribution in [3.05, 3.63) is 60.2 Å². The summed E-state index contributed by atoms with van der Waals surface area (Å²) in [4.78, 5) is 0.908. The first-order valence-electron chi connectivity index (χ1n) is 6.46. The summed E-state index contributed by atoms with van der Waals surface area (Å²) < 4.78 is 62.7. The molecule has 0 aliphatic heterocycles. The Bertz CT molecular complexity index is 742. The summed E-state index contributed by atoms with van der Waals surface area (Å²) in [5.41, 5.74) is -4.29. The molecule has 2 aromatic carbocycles. The van der Waals surface area contributed by atoms with Gasteiger partial charge in [-0.05, 0) is 24.3 Å². The number of halogens is 3. The lowest BCUT2D eigenvalue weighted by Gasteiger charge is -2.09. The Morgan fingerprint density at radius 3 is 2.09 bits per heavy atom. The van der Waals surface area contributed by atoms with Crippen LogP contribution in [-0.4, -0.2) is 20.2 Å². The van der Waals surface area contributed by atoms with Crippen LogP contribution in [-0.2, 0) is 26.8 Å². The second kappa shape index (κ2) is 6.84. The number of hydrogen-bond donors (Lipinski definition) is 0. The maximum Gasteiger partial charge on any atom is 0.534 e. The maximum atomic E-state index is 12.3. The van der Waals surface area contributed by atoms with Gasteiger partial charge in [0.15, 0.2) is 4.90 Å². The van der Waals surface area contributed by atoms with Gasteiger partial charge in [-0.3, -0.25) is 0 Å². The lowest BCUT2D eigenvalue weighted by molar-refractivity contribution is -0.0500. The Labute approximate surface area is 135 Å². The molecule has 0 spiro atoms. The number of benzene rings is 2. The zero-order valence-corrected chi connectivity index (χ0v) is 13.7. The second-order valence-corrected chi connectivity index (χ2v) is 8.29. The molecule has 0 heterocycles. The molecule has 0 radical (unpaired) electrons. The van der Waals surface area contributed by atoms with Gasteiger partial charge in [-0.15, -0.1) is 0 Å². The quantitative estimate of drug-likeness (QED) is 0.462. The van der Waals surface area contributed by atoms with E-state index >= 15 is 0 Å². The van der Waals surface area contributed by atoms with Crippen molar-refractivity contribution in [2.24, 2.45) is 0 Å². The van der Waals surface area contributed by atoms with Gasteiger partial charge in [-0.2, -0.15) is 21.6 Å². The monoisotopic (exact) mass is 363 g/mol. The van der Waals surface area contributed by atoms with E-state index in [9.17, 15) is 21.6 Å². The molecule has 2 aromatic rings. The maximum absolute atomic E-state index is 12.3. The van der Waals surface area contributed by atoms with E-state index in [4.69, 9.17) is 0 Å². The zero-order chi connectivity index (χ0) is 17.1. The van der Waals surface area contributed by atoms with E-state index in [0.29, 0.717) is 0 Å². The fourth-order valence-electron chi connectivity index (χ4n) is 1.81. The van der Waals surface area contributed by atoms with Gasteiger partial charge in [0.25, 0.3) is 0 Å². The molecule has 0 fully saturated rings. The molecule has 0 saturated heterocycles. The summed E-state index contributed by atoms with van der Waals surface area (Å²) in [5, 5.41) is 0. The highest BCUT2D eigenvalue weighted by atomic mass is 32.2. The van der Waals surface area contributed by atoms with Gasteiger partial charge >= 0.3 is 15.6 Å². The topological polar surface area (TPSA) is 43.4 Å². The van der Waals surface area contributed by atoms with Crippen LogP contribution in [0.4, 0.5) is 13.2 Å². The van der Waals surface area contributed by atoms with Gasteiger partial charge in [0.05, 0.1) is 0 Å². The largest absolute Gasteiger partial charge is 0.534 e. The van der Waals surface area contributed by atoms with Crippen molar-refractivity contribution < 1.29 is 25.8 Å². The van der Waals surface area contributed by atoms with Gasteiger partial charge in [-0.25, -0.2) is 0 Å². The molecular weight excluding hydrogens is 349 g/mol. The third-order valence-electron chi connectivity index (χ3n) is 2.94. The zero-order valence-electron chi connectivity index (χ0n) is 12.1. The van der Waals surface area contributed by atoms with Gasteiger partial charge in [0.1, 0.15) is 17.8 Å². The van der Waals surface area contributed by atoms with E-state index in [1.165, 1.54) is 12.1 Å². The molecule has 0 bridgehead atoms. The minimum absolute atomic E-state index is 0.160. The molecule has 0 aromatic heterocycles. The summed E-state index contributed by atoms with van der Waals surface area (Å²) in [6.07, 6.45) is 2.01. The Morgan fingerprint density at radius 1 is 1.00 bits per heavy atom. The van der Waals surface area contributed by atoms with Crippen LogP contribution in [0.15, 0.2) is 59.5 Å². The van der Waals surface area contributed by atoms with Crippen LogP contribution in [0.3, 0.4) is 0 Å². The highest BCUT2D eigenvalue weighted by molar-refractivity contribution is 7.95. The van der Waals surface area contributed by atoms with Crippen molar-refractivity contribution in [2.45, 2.75) is 16.2 Å². The lowest BCUT2D eigenvalue weighted by atomic mass is 10.2. The average Bonchev–Trinajstić information content (AvgIpc) is 2.47. The van der Waals surface area contributed by atoms with Crippen molar-refractivity contribution in [3.8, 4) is 5.75 Å². The van der Waals surface area contributed by atoms with Gasteiger partial charge in [0, 0.05) is 16.5 Å². The fraction of sp³-hybridized carbons (Fsp3) is 0.200. The number of rotatable bonds is 5. The van der Waals surface area contributed by atoms with E-state index in [0.717, 1.165) is 16.2 Å². The molecule has 8 heteroatoms. The molecule has 0 aliphatic carbocycles. The van der Waals surface area contributed by atoms with E-state index in [2.05, 4.69) is 4.18 Å². The number of hydrogen-bond acceptors (Lipinski definition) is 3. The summed E-state index contributed by atoms with van der Waals surface area (Å²) in [6.45, 7) is 0. The standard InChI is InChI=1S/C15H14F3O3S2/c1-22(11-12-5-3-2-4-6-12)14-9-7-13(8-10-14)21-23(19,20)15(16,17)18/h2-10H,11H2,1H3/q+1. The fourth-order valence-corrected chi connectivity index (χ4v) is 3.73. The molecule has 0 saturated carbocycles. The Kier molecular flexibility index (Phi) is 5.26. The van der Waals surface area contributed by atoms with Crippen LogP contribution in [0, 0.1) is 0 Å². The highest BCUT2D eigenvalue weighted by Gasteiger charge is 2.48. The molecule has 1 unspecified atom stereocenters. The summed E-state index contributed by atoms with van der Waals surface area (Å²) >= 11 is 0. The lowest BCUT2D eigenvalue weighted by Crippen LogP contribution is -2.28. The molecule has 3 nitrogen and oxygen atoms in total. The average molecular weight is 363 g/mol. The first kappa shape index (κ1) is 17.7. The smallest absolute Gasteiger partial charge is 0.376 e. The molecule has 0 aliphatic rings. The van der Waals surface area contributed by atoms with Crippen LogP contribution in [0.25, 0.3) is 0 Å². The van der Waals surface area contributed by atoms with Crippen LogP contribution >= 0.6 is 0 Å². The summed E-state index contributed by atoms with van der Waals surface area (Å²) in [5.74, 6) is 0.435. The van der Waals surface area contributed by atoms with E-state index in [1.807, 2.05) is 36.6 Å². The third-order valence-corrected chi connectivity index (χ3v) is 5.76. The van der Waals surface area contributed by atoms with Crippen molar-refractivity contribution >= 4 is 21.0 Å². The SMILES string of the molecule is C[S+](Cc1ccccc1)c1ccc(OS(=O)(=O)C(F)(F)F)cc1. The molecule has 1 atom stereocenters. The van der Waals surface area contributed by atoms with Crippen molar-refractivity contribution in [1.82, 2.24) is 0 Å². The molecule has 23 heavy (non-hydrogen) atoms. The molecule has 0 amide bonds. The minimum atomic E-state index is -5.63. The molecular formula is C15H14F3O3S2+. The molecule has 124 valence electrons. The van der Waals surface area contributed by atoms with Crippen LogP contribution < -0.4 is 4.18 Å². The molecule has 2 rings (SSSR count). The van der Waals surface area contributed by atoms with E-state index in [-0.39, 0.29) is 16.6 Å². The van der Waals surface area contributed by atoms with Crippen molar-refractivity contribution in [1.29, 1.82) is 0 Å². The van der Waals surface area contributed by atoms with Crippen LogP contribution in [0.2, 0.25) is 0 Å². The van der Waals surface area contributed by atoms with Crippen LogP contribution in [0.5, 0.6) is 5.75 Å².